The zero-order valence-corrected chi connectivity index (χ0v) is 9.98. The Bertz CT molecular complexity index is 164. The van der Waals surface area contributed by atoms with Crippen LogP contribution in [-0.4, -0.2) is 61.3 Å². The lowest BCUT2D eigenvalue weighted by Gasteiger charge is -2.37. The van der Waals surface area contributed by atoms with Crippen molar-refractivity contribution in [3.8, 4) is 0 Å². The van der Waals surface area contributed by atoms with E-state index >= 15 is 0 Å². The van der Waals surface area contributed by atoms with E-state index in [1.807, 2.05) is 0 Å². The molecule has 0 aromatic rings. The summed E-state index contributed by atoms with van der Waals surface area (Å²) in [5.74, 6) is 0.873. The van der Waals surface area contributed by atoms with Crippen LogP contribution in [0.25, 0.3) is 0 Å². The maximum Gasteiger partial charge on any atom is 0.0387 e. The summed E-state index contributed by atoms with van der Waals surface area (Å²) < 4.78 is 0. The Kier molecular flexibility index (Phi) is 3.97. The van der Waals surface area contributed by atoms with E-state index in [9.17, 15) is 0 Å². The third kappa shape index (κ3) is 3.41. The zero-order chi connectivity index (χ0) is 10.7. The van der Waals surface area contributed by atoms with Gasteiger partial charge in [-0.1, -0.05) is 6.92 Å². The molecule has 0 aliphatic carbocycles. The third-order valence-electron chi connectivity index (χ3n) is 3.44. The van der Waals surface area contributed by atoms with Crippen LogP contribution >= 0.6 is 0 Å². The van der Waals surface area contributed by atoms with Crippen LogP contribution in [0, 0.1) is 5.92 Å². The fourth-order valence-corrected chi connectivity index (χ4v) is 2.10. The summed E-state index contributed by atoms with van der Waals surface area (Å²) in [4.78, 5) is 8.21. The molecular formula is C11H23N3O. The average molecular weight is 213 g/mol. The van der Waals surface area contributed by atoms with Crippen LogP contribution in [0.1, 0.15) is 19.8 Å². The predicted octanol–water partition coefficient (Wildman–Crippen LogP) is 0.812. The fraction of sp³-hybridized carbons (Fsp3) is 1.00. The summed E-state index contributed by atoms with van der Waals surface area (Å²) in [5.41, 5.74) is 0. The van der Waals surface area contributed by atoms with Crippen LogP contribution in [0.2, 0.25) is 0 Å². The standard InChI is InChI=1S/C11H23N3O/c1-11-3-5-13(6-4-11)15-14-9-7-12(2)8-10-14/h11H,3-10H2,1-2H3. The molecule has 0 saturated carbocycles. The van der Waals surface area contributed by atoms with Crippen molar-refractivity contribution in [2.75, 3.05) is 46.3 Å². The Morgan fingerprint density at radius 2 is 1.40 bits per heavy atom. The van der Waals surface area contributed by atoms with Crippen LogP contribution in [0.3, 0.4) is 0 Å². The van der Waals surface area contributed by atoms with Gasteiger partial charge in [0.15, 0.2) is 0 Å². The first-order chi connectivity index (χ1) is 7.24. The maximum absolute atomic E-state index is 5.87. The second kappa shape index (κ2) is 5.25. The first-order valence-corrected chi connectivity index (χ1v) is 6.10. The Morgan fingerprint density at radius 3 is 2.00 bits per heavy atom. The highest BCUT2D eigenvalue weighted by Gasteiger charge is 2.21. The Labute approximate surface area is 92.7 Å². The van der Waals surface area contributed by atoms with Crippen LogP contribution in [0.4, 0.5) is 0 Å². The molecule has 15 heavy (non-hydrogen) atoms. The number of hydrogen-bond donors (Lipinski definition) is 0. The van der Waals surface area contributed by atoms with Gasteiger partial charge in [0.25, 0.3) is 0 Å². The van der Waals surface area contributed by atoms with Gasteiger partial charge >= 0.3 is 0 Å². The highest BCUT2D eigenvalue weighted by molar-refractivity contribution is 4.65. The molecule has 2 rings (SSSR count). The first-order valence-electron chi connectivity index (χ1n) is 6.10. The minimum Gasteiger partial charge on any atom is -0.304 e. The average Bonchev–Trinajstić information content (AvgIpc) is 2.25. The molecule has 2 saturated heterocycles. The topological polar surface area (TPSA) is 19.0 Å². The Hall–Kier alpha value is -0.160. The van der Waals surface area contributed by atoms with Crippen molar-refractivity contribution in [3.63, 3.8) is 0 Å². The van der Waals surface area contributed by atoms with E-state index < -0.39 is 0 Å². The van der Waals surface area contributed by atoms with Gasteiger partial charge in [-0.2, -0.15) is 10.1 Å². The van der Waals surface area contributed by atoms with E-state index in [0.29, 0.717) is 0 Å². The van der Waals surface area contributed by atoms with Gasteiger partial charge in [-0.25, -0.2) is 4.94 Å². The van der Waals surface area contributed by atoms with Crippen molar-refractivity contribution < 1.29 is 4.94 Å². The highest BCUT2D eigenvalue weighted by Crippen LogP contribution is 2.17. The molecule has 88 valence electrons. The van der Waals surface area contributed by atoms with Gasteiger partial charge in [0.2, 0.25) is 0 Å². The summed E-state index contributed by atoms with van der Waals surface area (Å²) in [6.45, 7) is 8.80. The van der Waals surface area contributed by atoms with Gasteiger partial charge in [-0.15, -0.1) is 0 Å². The molecule has 0 atom stereocenters. The SMILES string of the molecule is CC1CCN(ON2CCN(C)CC2)CC1. The predicted molar refractivity (Wildman–Crippen MR) is 60.1 cm³/mol. The van der Waals surface area contributed by atoms with E-state index in [2.05, 4.69) is 29.0 Å². The number of hydroxylamine groups is 4. The van der Waals surface area contributed by atoms with E-state index in [0.717, 1.165) is 45.2 Å². The minimum atomic E-state index is 0.873. The molecule has 0 radical (unpaired) electrons. The molecule has 0 aromatic carbocycles. The quantitative estimate of drug-likeness (QED) is 0.676. The monoisotopic (exact) mass is 213 g/mol. The van der Waals surface area contributed by atoms with E-state index in [1.165, 1.54) is 12.8 Å². The van der Waals surface area contributed by atoms with Crippen LogP contribution in [0.15, 0.2) is 0 Å². The largest absolute Gasteiger partial charge is 0.304 e. The first kappa shape index (κ1) is 11.3. The number of hydrogen-bond acceptors (Lipinski definition) is 4. The summed E-state index contributed by atoms with van der Waals surface area (Å²) in [7, 11) is 2.17. The number of nitrogens with zero attached hydrogens (tertiary/aromatic N) is 3. The molecule has 0 N–H and O–H groups in total. The number of likely N-dealkylation sites (N-methyl/N-ethyl adjacent to an activating group) is 1. The molecular weight excluding hydrogens is 190 g/mol. The van der Waals surface area contributed by atoms with Crippen molar-refractivity contribution in [1.29, 1.82) is 0 Å². The van der Waals surface area contributed by atoms with Crippen molar-refractivity contribution >= 4 is 0 Å². The van der Waals surface area contributed by atoms with Crippen molar-refractivity contribution in [2.45, 2.75) is 19.8 Å². The van der Waals surface area contributed by atoms with Gasteiger partial charge in [-0.3, -0.25) is 0 Å². The van der Waals surface area contributed by atoms with E-state index in [1.54, 1.807) is 0 Å². The zero-order valence-electron chi connectivity index (χ0n) is 9.98. The molecule has 2 fully saturated rings. The van der Waals surface area contributed by atoms with Crippen molar-refractivity contribution in [3.05, 3.63) is 0 Å². The van der Waals surface area contributed by atoms with Gasteiger partial charge in [-0.05, 0) is 25.8 Å². The molecule has 0 bridgehead atoms. The lowest BCUT2D eigenvalue weighted by Crippen LogP contribution is -2.48. The normalized spacial score (nSPS) is 28.4. The van der Waals surface area contributed by atoms with Crippen LogP contribution < -0.4 is 0 Å². The van der Waals surface area contributed by atoms with Crippen molar-refractivity contribution in [1.82, 2.24) is 15.0 Å². The third-order valence-corrected chi connectivity index (χ3v) is 3.44. The lowest BCUT2D eigenvalue weighted by atomic mass is 10.0. The van der Waals surface area contributed by atoms with Gasteiger partial charge in [0.05, 0.1) is 0 Å². The highest BCUT2D eigenvalue weighted by atomic mass is 16.8. The molecule has 0 amide bonds. The van der Waals surface area contributed by atoms with Crippen molar-refractivity contribution in [2.24, 2.45) is 5.92 Å². The van der Waals surface area contributed by atoms with Crippen LogP contribution in [-0.2, 0) is 4.94 Å². The molecule has 0 unspecified atom stereocenters. The Morgan fingerprint density at radius 1 is 0.867 bits per heavy atom. The van der Waals surface area contributed by atoms with E-state index in [-0.39, 0.29) is 0 Å². The molecule has 2 aliphatic rings. The second-order valence-electron chi connectivity index (χ2n) is 4.93. The fourth-order valence-electron chi connectivity index (χ4n) is 2.10. The smallest absolute Gasteiger partial charge is 0.0387 e. The maximum atomic E-state index is 5.87. The summed E-state index contributed by atoms with van der Waals surface area (Å²) in [5, 5.41) is 4.24. The van der Waals surface area contributed by atoms with Crippen LogP contribution in [0.5, 0.6) is 0 Å². The van der Waals surface area contributed by atoms with E-state index in [4.69, 9.17) is 4.94 Å². The second-order valence-corrected chi connectivity index (χ2v) is 4.93. The van der Waals surface area contributed by atoms with Gasteiger partial charge in [0, 0.05) is 39.3 Å². The summed E-state index contributed by atoms with van der Waals surface area (Å²) in [6, 6.07) is 0. The number of piperazine rings is 1. The van der Waals surface area contributed by atoms with Gasteiger partial charge in [0.1, 0.15) is 0 Å². The Balaban J connectivity index is 1.68. The molecule has 2 aliphatic heterocycles. The molecule has 2 heterocycles. The molecule has 0 spiro atoms. The molecule has 4 heteroatoms. The van der Waals surface area contributed by atoms with Gasteiger partial charge < -0.3 is 4.90 Å². The summed E-state index contributed by atoms with van der Waals surface area (Å²) in [6.07, 6.45) is 2.54. The number of rotatable bonds is 2. The summed E-state index contributed by atoms with van der Waals surface area (Å²) >= 11 is 0. The molecule has 0 aromatic heterocycles. The number of piperidine rings is 1. The molecule has 4 nitrogen and oxygen atoms in total. The minimum absolute atomic E-state index is 0.873. The lowest BCUT2D eigenvalue weighted by molar-refractivity contribution is -0.337.